The molecule has 1 aliphatic carbocycles. The number of fused-ring (bicyclic) bond motifs is 1. The van der Waals surface area contributed by atoms with Crippen LogP contribution in [-0.2, 0) is 6.54 Å². The lowest BCUT2D eigenvalue weighted by Gasteiger charge is -2.28. The number of hydrogen-bond acceptors (Lipinski definition) is 6. The molecule has 0 radical (unpaired) electrons. The first-order valence-electron chi connectivity index (χ1n) is 8.16. The minimum Gasteiger partial charge on any atom is -0.464 e. The van der Waals surface area contributed by atoms with Gasteiger partial charge in [0.05, 0.1) is 12.9 Å². The Morgan fingerprint density at radius 2 is 2.09 bits per heavy atom. The largest absolute Gasteiger partial charge is 0.464 e. The van der Waals surface area contributed by atoms with Gasteiger partial charge >= 0.3 is 6.01 Å². The van der Waals surface area contributed by atoms with Crippen LogP contribution in [0.5, 0.6) is 6.01 Å². The van der Waals surface area contributed by atoms with Crippen LogP contribution < -0.4 is 15.0 Å². The highest BCUT2D eigenvalue weighted by Crippen LogP contribution is 2.32. The summed E-state index contributed by atoms with van der Waals surface area (Å²) in [5, 5.41) is 3.37. The highest BCUT2D eigenvalue weighted by molar-refractivity contribution is 5.84. The predicted octanol–water partition coefficient (Wildman–Crippen LogP) is 1.04. The van der Waals surface area contributed by atoms with Crippen LogP contribution in [0, 0.1) is 5.92 Å². The Hall–Kier alpha value is -1.89. The normalized spacial score (nSPS) is 18.9. The zero-order chi connectivity index (χ0) is 14.9. The lowest BCUT2D eigenvalue weighted by atomic mass is 10.3. The summed E-state index contributed by atoms with van der Waals surface area (Å²) < 4.78 is 7.74. The van der Waals surface area contributed by atoms with Gasteiger partial charge in [0.25, 0.3) is 0 Å². The molecular formula is C15H22N6O. The van der Waals surface area contributed by atoms with Crippen LogP contribution in [0.4, 0.5) is 5.82 Å². The fourth-order valence-corrected chi connectivity index (χ4v) is 2.91. The van der Waals surface area contributed by atoms with Gasteiger partial charge < -0.3 is 19.5 Å². The topological polar surface area (TPSA) is 68.1 Å². The molecule has 2 aliphatic rings. The fraction of sp³-hybridized carbons (Fsp3) is 0.667. The summed E-state index contributed by atoms with van der Waals surface area (Å²) in [5.41, 5.74) is 1.80. The van der Waals surface area contributed by atoms with Crippen molar-refractivity contribution >= 4 is 17.0 Å². The van der Waals surface area contributed by atoms with Crippen molar-refractivity contribution in [3.63, 3.8) is 0 Å². The monoisotopic (exact) mass is 302 g/mol. The van der Waals surface area contributed by atoms with Crippen molar-refractivity contribution in [1.29, 1.82) is 0 Å². The zero-order valence-electron chi connectivity index (χ0n) is 13.0. The third kappa shape index (κ3) is 2.61. The van der Waals surface area contributed by atoms with Gasteiger partial charge in [-0.2, -0.15) is 9.97 Å². The lowest BCUT2D eigenvalue weighted by molar-refractivity contribution is 0.313. The molecule has 118 valence electrons. The Kier molecular flexibility index (Phi) is 3.57. The first-order chi connectivity index (χ1) is 10.8. The zero-order valence-corrected chi connectivity index (χ0v) is 13.0. The van der Waals surface area contributed by atoms with Gasteiger partial charge in [-0.05, 0) is 25.7 Å². The quantitative estimate of drug-likeness (QED) is 0.890. The molecule has 1 aliphatic heterocycles. The maximum absolute atomic E-state index is 5.58. The highest BCUT2D eigenvalue weighted by Gasteiger charge is 2.25. The smallest absolute Gasteiger partial charge is 0.320 e. The summed E-state index contributed by atoms with van der Waals surface area (Å²) in [6.07, 6.45) is 4.53. The van der Waals surface area contributed by atoms with E-state index in [2.05, 4.69) is 29.7 Å². The average molecular weight is 302 g/mol. The van der Waals surface area contributed by atoms with E-state index in [4.69, 9.17) is 4.74 Å². The Balaban J connectivity index is 1.76. The molecule has 0 spiro atoms. The van der Waals surface area contributed by atoms with Crippen molar-refractivity contribution in [2.24, 2.45) is 5.92 Å². The number of nitrogens with one attached hydrogen (secondary N) is 1. The van der Waals surface area contributed by atoms with Crippen LogP contribution in [0.3, 0.4) is 0 Å². The summed E-state index contributed by atoms with van der Waals surface area (Å²) in [6, 6.07) is 0.459. The van der Waals surface area contributed by atoms with E-state index in [0.29, 0.717) is 12.6 Å². The second-order valence-corrected chi connectivity index (χ2v) is 6.01. The van der Waals surface area contributed by atoms with Gasteiger partial charge in [0.1, 0.15) is 0 Å². The number of hydrogen-bond donors (Lipinski definition) is 1. The maximum Gasteiger partial charge on any atom is 0.320 e. The molecule has 4 rings (SSSR count). The SMILES string of the molecule is CCOc1nc(N2CCNCC2)c2ncn(CC3CC3)c2n1. The van der Waals surface area contributed by atoms with E-state index < -0.39 is 0 Å². The van der Waals surface area contributed by atoms with Crippen molar-refractivity contribution in [2.45, 2.75) is 26.3 Å². The molecule has 0 bridgehead atoms. The molecule has 0 amide bonds. The molecule has 2 aromatic heterocycles. The Labute approximate surface area is 129 Å². The summed E-state index contributed by atoms with van der Waals surface area (Å²) in [7, 11) is 0. The number of ether oxygens (including phenoxy) is 1. The van der Waals surface area contributed by atoms with Gasteiger partial charge in [0.2, 0.25) is 0 Å². The van der Waals surface area contributed by atoms with Crippen molar-refractivity contribution in [2.75, 3.05) is 37.7 Å². The molecule has 1 saturated heterocycles. The predicted molar refractivity (Wildman–Crippen MR) is 84.3 cm³/mol. The van der Waals surface area contributed by atoms with E-state index >= 15 is 0 Å². The second kappa shape index (κ2) is 5.72. The number of anilines is 1. The minimum absolute atomic E-state index is 0.459. The molecule has 7 heteroatoms. The third-order valence-corrected chi connectivity index (χ3v) is 4.27. The van der Waals surface area contributed by atoms with Gasteiger partial charge in [-0.1, -0.05) is 0 Å². The highest BCUT2D eigenvalue weighted by atomic mass is 16.5. The van der Waals surface area contributed by atoms with Crippen molar-refractivity contribution < 1.29 is 4.74 Å². The fourth-order valence-electron chi connectivity index (χ4n) is 2.91. The number of piperazine rings is 1. The molecule has 2 aromatic rings. The van der Waals surface area contributed by atoms with Crippen LogP contribution in [0.1, 0.15) is 19.8 Å². The van der Waals surface area contributed by atoms with Crippen molar-refractivity contribution in [1.82, 2.24) is 24.8 Å². The number of rotatable bonds is 5. The molecule has 7 nitrogen and oxygen atoms in total. The third-order valence-electron chi connectivity index (χ3n) is 4.27. The van der Waals surface area contributed by atoms with Crippen LogP contribution in [-0.4, -0.2) is 52.3 Å². The van der Waals surface area contributed by atoms with Gasteiger partial charge in [0, 0.05) is 32.7 Å². The summed E-state index contributed by atoms with van der Waals surface area (Å²) in [5.74, 6) is 1.69. The Bertz CT molecular complexity index is 659. The van der Waals surface area contributed by atoms with E-state index in [1.807, 2.05) is 13.3 Å². The molecule has 2 fully saturated rings. The molecular weight excluding hydrogens is 280 g/mol. The van der Waals surface area contributed by atoms with Gasteiger partial charge in [-0.25, -0.2) is 4.98 Å². The Morgan fingerprint density at radius 3 is 2.82 bits per heavy atom. The molecule has 3 heterocycles. The molecule has 0 atom stereocenters. The van der Waals surface area contributed by atoms with Gasteiger partial charge in [0.15, 0.2) is 17.0 Å². The van der Waals surface area contributed by atoms with Crippen molar-refractivity contribution in [3.8, 4) is 6.01 Å². The Morgan fingerprint density at radius 1 is 1.27 bits per heavy atom. The number of aromatic nitrogens is 4. The standard InChI is InChI=1S/C15H22N6O/c1-2-22-15-18-13(20-7-5-16-6-8-20)12-14(19-15)21(10-17-12)9-11-3-4-11/h10-11,16H,2-9H2,1H3. The maximum atomic E-state index is 5.58. The lowest BCUT2D eigenvalue weighted by Crippen LogP contribution is -2.44. The van der Waals surface area contributed by atoms with E-state index in [1.165, 1.54) is 12.8 Å². The van der Waals surface area contributed by atoms with Crippen LogP contribution in [0.2, 0.25) is 0 Å². The van der Waals surface area contributed by atoms with Gasteiger partial charge in [-0.15, -0.1) is 0 Å². The second-order valence-electron chi connectivity index (χ2n) is 6.01. The average Bonchev–Trinajstić information content (AvgIpc) is 3.28. The molecule has 1 N–H and O–H groups in total. The summed E-state index contributed by atoms with van der Waals surface area (Å²) in [4.78, 5) is 16.1. The van der Waals surface area contributed by atoms with E-state index in [9.17, 15) is 0 Å². The van der Waals surface area contributed by atoms with Gasteiger partial charge in [-0.3, -0.25) is 0 Å². The minimum atomic E-state index is 0.459. The van der Waals surface area contributed by atoms with Crippen molar-refractivity contribution in [3.05, 3.63) is 6.33 Å². The molecule has 0 unspecified atom stereocenters. The molecule has 0 aromatic carbocycles. The molecule has 22 heavy (non-hydrogen) atoms. The summed E-state index contributed by atoms with van der Waals surface area (Å²) >= 11 is 0. The number of nitrogens with zero attached hydrogens (tertiary/aromatic N) is 5. The van der Waals surface area contributed by atoms with E-state index in [-0.39, 0.29) is 0 Å². The first-order valence-corrected chi connectivity index (χ1v) is 8.16. The van der Waals surface area contributed by atoms with Crippen LogP contribution in [0.25, 0.3) is 11.2 Å². The first kappa shape index (κ1) is 13.8. The van der Waals surface area contributed by atoms with E-state index in [0.717, 1.165) is 55.6 Å². The summed E-state index contributed by atoms with van der Waals surface area (Å²) in [6.45, 7) is 7.35. The van der Waals surface area contributed by atoms with Crippen LogP contribution in [0.15, 0.2) is 6.33 Å². The van der Waals surface area contributed by atoms with Crippen LogP contribution >= 0.6 is 0 Å². The molecule has 1 saturated carbocycles. The number of imidazole rings is 1. The van der Waals surface area contributed by atoms with E-state index in [1.54, 1.807) is 0 Å².